The summed E-state index contributed by atoms with van der Waals surface area (Å²) in [6.07, 6.45) is 5.40. The number of nitrogens with one attached hydrogen (secondary N) is 1. The molecular formula is C20H28N2O6S. The van der Waals surface area contributed by atoms with E-state index in [0.717, 1.165) is 32.4 Å². The van der Waals surface area contributed by atoms with E-state index in [2.05, 4.69) is 4.72 Å². The van der Waals surface area contributed by atoms with E-state index in [1.54, 1.807) is 30.4 Å². The maximum atomic E-state index is 12.8. The van der Waals surface area contributed by atoms with Crippen LogP contribution in [0, 0.1) is 0 Å². The number of hydrogen-bond donors (Lipinski definition) is 2. The number of aliphatic hydroxyl groups excluding tert-OH is 1. The van der Waals surface area contributed by atoms with E-state index in [9.17, 15) is 18.3 Å². The van der Waals surface area contributed by atoms with Crippen LogP contribution >= 0.6 is 0 Å². The van der Waals surface area contributed by atoms with Crippen molar-refractivity contribution in [1.82, 2.24) is 9.62 Å². The molecule has 3 rings (SSSR count). The van der Waals surface area contributed by atoms with Crippen LogP contribution in [0.5, 0.6) is 5.75 Å². The molecule has 1 aromatic rings. The van der Waals surface area contributed by atoms with E-state index in [4.69, 9.17) is 9.47 Å². The van der Waals surface area contributed by atoms with Crippen molar-refractivity contribution in [2.75, 3.05) is 26.8 Å². The third-order valence-electron chi connectivity index (χ3n) is 5.20. The molecule has 29 heavy (non-hydrogen) atoms. The van der Waals surface area contributed by atoms with Gasteiger partial charge in [-0.15, -0.1) is 0 Å². The third-order valence-corrected chi connectivity index (χ3v) is 6.70. The van der Waals surface area contributed by atoms with Gasteiger partial charge in [-0.05, 0) is 31.4 Å². The van der Waals surface area contributed by atoms with E-state index >= 15 is 0 Å². The van der Waals surface area contributed by atoms with Gasteiger partial charge in [-0.3, -0.25) is 4.79 Å². The van der Waals surface area contributed by atoms with Crippen LogP contribution in [0.3, 0.4) is 0 Å². The fourth-order valence-electron chi connectivity index (χ4n) is 3.64. The van der Waals surface area contributed by atoms with Crippen LogP contribution in [0.4, 0.5) is 0 Å². The minimum Gasteiger partial charge on any atom is -0.495 e. The first-order valence-corrected chi connectivity index (χ1v) is 11.3. The summed E-state index contributed by atoms with van der Waals surface area (Å²) < 4.78 is 39.1. The number of hydrogen-bond acceptors (Lipinski definition) is 6. The molecule has 1 aromatic carbocycles. The van der Waals surface area contributed by atoms with Gasteiger partial charge in [-0.25, -0.2) is 13.1 Å². The standard InChI is InChI=1S/C20H28N2O6S/c1-27-17-7-3-4-8-19(17)29(25,26)21-16-10-9-15(28-18(16)14-23)13-20(24)22-11-5-2-6-12-22/h3-4,7-10,15-16,18,21,23H,2,5-6,11-14H2,1H3/t15-,16-,18+/m0/s1. The number of aliphatic hydroxyl groups is 1. The average molecular weight is 425 g/mol. The molecule has 160 valence electrons. The largest absolute Gasteiger partial charge is 0.495 e. The summed E-state index contributed by atoms with van der Waals surface area (Å²) in [6.45, 7) is 1.15. The zero-order valence-electron chi connectivity index (χ0n) is 16.5. The van der Waals surface area contributed by atoms with E-state index in [-0.39, 0.29) is 29.6 Å². The van der Waals surface area contributed by atoms with Crippen molar-refractivity contribution in [3.05, 3.63) is 36.4 Å². The summed E-state index contributed by atoms with van der Waals surface area (Å²) >= 11 is 0. The smallest absolute Gasteiger partial charge is 0.244 e. The highest BCUT2D eigenvalue weighted by Crippen LogP contribution is 2.25. The number of ether oxygens (including phenoxy) is 2. The monoisotopic (exact) mass is 424 g/mol. The maximum Gasteiger partial charge on any atom is 0.244 e. The fraction of sp³-hybridized carbons (Fsp3) is 0.550. The molecule has 1 amide bonds. The Bertz CT molecular complexity index is 835. The van der Waals surface area contributed by atoms with Crippen LogP contribution < -0.4 is 9.46 Å². The Hall–Kier alpha value is -1.94. The van der Waals surface area contributed by atoms with Crippen LogP contribution in [0.1, 0.15) is 25.7 Å². The Morgan fingerprint density at radius 2 is 1.97 bits per heavy atom. The van der Waals surface area contributed by atoms with Gasteiger partial charge in [0.15, 0.2) is 0 Å². The quantitative estimate of drug-likeness (QED) is 0.634. The summed E-state index contributed by atoms with van der Waals surface area (Å²) in [5.41, 5.74) is 0. The Balaban J connectivity index is 1.67. The number of nitrogens with zero attached hydrogens (tertiary/aromatic N) is 1. The van der Waals surface area contributed by atoms with Crippen molar-refractivity contribution in [2.24, 2.45) is 0 Å². The maximum absolute atomic E-state index is 12.8. The lowest BCUT2D eigenvalue weighted by atomic mass is 10.0. The van der Waals surface area contributed by atoms with Crippen molar-refractivity contribution in [3.63, 3.8) is 0 Å². The molecule has 0 bridgehead atoms. The van der Waals surface area contributed by atoms with Crippen molar-refractivity contribution in [1.29, 1.82) is 0 Å². The summed E-state index contributed by atoms with van der Waals surface area (Å²) in [5, 5.41) is 9.72. The molecule has 9 heteroatoms. The lowest BCUT2D eigenvalue weighted by molar-refractivity contribution is -0.136. The number of carbonyl (C=O) groups excluding carboxylic acids is 1. The zero-order chi connectivity index (χ0) is 20.9. The normalized spacial score (nSPS) is 25.0. The van der Waals surface area contributed by atoms with Gasteiger partial charge in [-0.2, -0.15) is 0 Å². The number of likely N-dealkylation sites (tertiary alicyclic amines) is 1. The van der Waals surface area contributed by atoms with E-state index < -0.39 is 28.3 Å². The zero-order valence-corrected chi connectivity index (χ0v) is 17.3. The van der Waals surface area contributed by atoms with Crippen molar-refractivity contribution in [2.45, 2.75) is 48.8 Å². The molecule has 2 aliphatic rings. The Kier molecular flexibility index (Phi) is 7.28. The number of methoxy groups -OCH3 is 1. The lowest BCUT2D eigenvalue weighted by Crippen LogP contribution is -2.49. The minimum atomic E-state index is -3.90. The van der Waals surface area contributed by atoms with Gasteiger partial charge in [-0.1, -0.05) is 24.3 Å². The first-order valence-electron chi connectivity index (χ1n) is 9.82. The van der Waals surface area contributed by atoms with Crippen molar-refractivity contribution < 1.29 is 27.8 Å². The summed E-state index contributed by atoms with van der Waals surface area (Å²) in [7, 11) is -2.49. The number of amides is 1. The van der Waals surface area contributed by atoms with Crippen LogP contribution in [0.2, 0.25) is 0 Å². The molecule has 2 N–H and O–H groups in total. The number of carbonyl (C=O) groups is 1. The molecule has 0 unspecified atom stereocenters. The third kappa shape index (κ3) is 5.36. The number of para-hydroxylation sites is 1. The molecule has 8 nitrogen and oxygen atoms in total. The van der Waals surface area contributed by atoms with Gasteiger partial charge in [0.1, 0.15) is 16.7 Å². The topological polar surface area (TPSA) is 105 Å². The Labute approximate surface area is 171 Å². The number of piperidine rings is 1. The molecule has 0 aliphatic carbocycles. The van der Waals surface area contributed by atoms with Crippen LogP contribution in [0.25, 0.3) is 0 Å². The molecule has 1 fully saturated rings. The second kappa shape index (κ2) is 9.71. The van der Waals surface area contributed by atoms with Crippen LogP contribution in [-0.4, -0.2) is 69.4 Å². The molecule has 0 spiro atoms. The number of sulfonamides is 1. The molecule has 0 saturated carbocycles. The molecule has 2 aliphatic heterocycles. The van der Waals surface area contributed by atoms with Crippen LogP contribution in [-0.2, 0) is 19.6 Å². The fourth-order valence-corrected chi connectivity index (χ4v) is 5.03. The first kappa shape index (κ1) is 21.8. The van der Waals surface area contributed by atoms with E-state index in [0.29, 0.717) is 0 Å². The highest BCUT2D eigenvalue weighted by atomic mass is 32.2. The molecule has 0 radical (unpaired) electrons. The van der Waals surface area contributed by atoms with Gasteiger partial charge in [0, 0.05) is 13.1 Å². The summed E-state index contributed by atoms with van der Waals surface area (Å²) in [5.74, 6) is 0.246. The number of benzene rings is 1. The molecule has 0 aromatic heterocycles. The second-order valence-electron chi connectivity index (χ2n) is 7.22. The van der Waals surface area contributed by atoms with Crippen molar-refractivity contribution in [3.8, 4) is 5.75 Å². The predicted octanol–water partition coefficient (Wildman–Crippen LogP) is 1.06. The summed E-state index contributed by atoms with van der Waals surface area (Å²) in [4.78, 5) is 14.3. The highest BCUT2D eigenvalue weighted by Gasteiger charge is 2.33. The van der Waals surface area contributed by atoms with E-state index in [1.807, 2.05) is 4.90 Å². The highest BCUT2D eigenvalue weighted by molar-refractivity contribution is 7.89. The molecule has 2 heterocycles. The Morgan fingerprint density at radius 1 is 1.24 bits per heavy atom. The SMILES string of the molecule is COc1ccccc1S(=O)(=O)N[C@H]1C=C[C@@H](CC(=O)N2CCCCC2)O[C@@H]1CO. The van der Waals surface area contributed by atoms with Gasteiger partial charge in [0.2, 0.25) is 15.9 Å². The van der Waals surface area contributed by atoms with Gasteiger partial charge >= 0.3 is 0 Å². The van der Waals surface area contributed by atoms with Crippen LogP contribution in [0.15, 0.2) is 41.3 Å². The van der Waals surface area contributed by atoms with Crippen molar-refractivity contribution >= 4 is 15.9 Å². The first-order chi connectivity index (χ1) is 13.9. The van der Waals surface area contributed by atoms with Gasteiger partial charge in [0.25, 0.3) is 0 Å². The average Bonchev–Trinajstić information content (AvgIpc) is 2.75. The Morgan fingerprint density at radius 3 is 2.66 bits per heavy atom. The minimum absolute atomic E-state index is 0.00925. The molecular weight excluding hydrogens is 396 g/mol. The lowest BCUT2D eigenvalue weighted by Gasteiger charge is -2.33. The molecule has 1 saturated heterocycles. The van der Waals surface area contributed by atoms with E-state index in [1.165, 1.54) is 13.2 Å². The molecule has 3 atom stereocenters. The summed E-state index contributed by atoms with van der Waals surface area (Å²) in [6, 6.07) is 5.55. The van der Waals surface area contributed by atoms with Gasteiger partial charge < -0.3 is 19.5 Å². The predicted molar refractivity (Wildman–Crippen MR) is 107 cm³/mol. The van der Waals surface area contributed by atoms with Gasteiger partial charge in [0.05, 0.1) is 32.3 Å². The number of rotatable bonds is 7. The second-order valence-corrected chi connectivity index (χ2v) is 8.91.